The predicted octanol–water partition coefficient (Wildman–Crippen LogP) is 12.8. The molecule has 0 unspecified atom stereocenters. The van der Waals surface area contributed by atoms with Crippen molar-refractivity contribution in [3.05, 3.63) is 176 Å². The molecule has 0 spiro atoms. The van der Waals surface area contributed by atoms with Gasteiger partial charge in [0.05, 0.1) is 39.1 Å². The van der Waals surface area contributed by atoms with Crippen LogP contribution >= 0.6 is 0 Å². The molecule has 0 aliphatic rings. The molecule has 4 nitrogen and oxygen atoms in total. The number of fused-ring (bicyclic) bond motifs is 8. The largest absolute Gasteiger partial charge is 0.455 e. The standard InChI is InChI=1S/C48H29N3O/c1-2-14-31(15-3-1)40-29-41(35-22-12-18-30-13-6-7-19-34(30)35)50-48(49-40)38-25-26-43(46-37-21-9-11-24-45(37)52-47(38)46)51-42-23-10-8-20-36(42)39-27-32-16-4-5-17-33(32)28-44(39)51/h1-29H. The molecule has 8 aromatic carbocycles. The average molecular weight is 664 g/mol. The Balaban J connectivity index is 1.23. The minimum atomic E-state index is 0.619. The molecule has 11 aromatic rings. The van der Waals surface area contributed by atoms with Crippen molar-refractivity contribution < 1.29 is 4.42 Å². The third-order valence-electron chi connectivity index (χ3n) is 10.4. The van der Waals surface area contributed by atoms with Crippen LogP contribution in [-0.4, -0.2) is 14.5 Å². The maximum Gasteiger partial charge on any atom is 0.164 e. The van der Waals surface area contributed by atoms with Gasteiger partial charge in [-0.3, -0.25) is 0 Å². The van der Waals surface area contributed by atoms with Gasteiger partial charge in [0.15, 0.2) is 5.82 Å². The molecule has 0 atom stereocenters. The van der Waals surface area contributed by atoms with E-state index in [0.717, 1.165) is 72.1 Å². The first-order valence-corrected chi connectivity index (χ1v) is 17.6. The average Bonchev–Trinajstić information content (AvgIpc) is 3.76. The Bertz CT molecular complexity index is 3180. The van der Waals surface area contributed by atoms with E-state index in [2.05, 4.69) is 162 Å². The van der Waals surface area contributed by atoms with Gasteiger partial charge in [0.2, 0.25) is 0 Å². The fourth-order valence-electron chi connectivity index (χ4n) is 8.00. The van der Waals surface area contributed by atoms with Crippen molar-refractivity contribution >= 4 is 65.3 Å². The van der Waals surface area contributed by atoms with Crippen molar-refractivity contribution in [2.45, 2.75) is 0 Å². The zero-order valence-electron chi connectivity index (χ0n) is 28.0. The van der Waals surface area contributed by atoms with Crippen LogP contribution in [0.5, 0.6) is 0 Å². The molecule has 0 saturated carbocycles. The lowest BCUT2D eigenvalue weighted by molar-refractivity contribution is 0.669. The van der Waals surface area contributed by atoms with E-state index in [1.807, 2.05) is 18.2 Å². The third-order valence-corrected chi connectivity index (χ3v) is 10.4. The Morgan fingerprint density at radius 3 is 1.96 bits per heavy atom. The van der Waals surface area contributed by atoms with E-state index in [1.165, 1.54) is 26.9 Å². The number of nitrogens with zero attached hydrogens (tertiary/aromatic N) is 3. The van der Waals surface area contributed by atoms with Gasteiger partial charge in [-0.15, -0.1) is 0 Å². The summed E-state index contributed by atoms with van der Waals surface area (Å²) >= 11 is 0. The summed E-state index contributed by atoms with van der Waals surface area (Å²) in [5, 5.41) is 9.27. The molecule has 242 valence electrons. The summed E-state index contributed by atoms with van der Waals surface area (Å²) in [6, 6.07) is 61.9. The van der Waals surface area contributed by atoms with E-state index < -0.39 is 0 Å². The van der Waals surface area contributed by atoms with Gasteiger partial charge in [0, 0.05) is 27.3 Å². The highest BCUT2D eigenvalue weighted by Gasteiger charge is 2.23. The van der Waals surface area contributed by atoms with E-state index in [0.29, 0.717) is 5.82 Å². The maximum absolute atomic E-state index is 6.84. The maximum atomic E-state index is 6.84. The smallest absolute Gasteiger partial charge is 0.164 e. The van der Waals surface area contributed by atoms with Crippen LogP contribution in [0.1, 0.15) is 0 Å². The molecular formula is C48H29N3O. The van der Waals surface area contributed by atoms with E-state index in [9.17, 15) is 0 Å². The highest BCUT2D eigenvalue weighted by atomic mass is 16.3. The Hall–Kier alpha value is -7.04. The van der Waals surface area contributed by atoms with Crippen LogP contribution in [0, 0.1) is 0 Å². The molecule has 0 radical (unpaired) electrons. The Morgan fingerprint density at radius 2 is 1.10 bits per heavy atom. The first-order chi connectivity index (χ1) is 25.8. The van der Waals surface area contributed by atoms with Crippen molar-refractivity contribution in [3.8, 4) is 39.6 Å². The van der Waals surface area contributed by atoms with Crippen LogP contribution in [0.4, 0.5) is 0 Å². The zero-order chi connectivity index (χ0) is 34.2. The molecular weight excluding hydrogens is 635 g/mol. The lowest BCUT2D eigenvalue weighted by Crippen LogP contribution is -1.99. The second-order valence-electron chi connectivity index (χ2n) is 13.4. The van der Waals surface area contributed by atoms with Gasteiger partial charge in [0.25, 0.3) is 0 Å². The SMILES string of the molecule is c1ccc(-c2cc(-c3cccc4ccccc34)nc(-c3ccc(-n4c5ccccc5c5cc6ccccc6cc54)c4c3oc3ccccc34)n2)cc1. The topological polar surface area (TPSA) is 43.9 Å². The number of hydrogen-bond acceptors (Lipinski definition) is 3. The van der Waals surface area contributed by atoms with Crippen molar-refractivity contribution in [3.63, 3.8) is 0 Å². The summed E-state index contributed by atoms with van der Waals surface area (Å²) in [7, 11) is 0. The molecule has 0 aliphatic carbocycles. The minimum Gasteiger partial charge on any atom is -0.455 e. The molecule has 3 heterocycles. The summed E-state index contributed by atoms with van der Waals surface area (Å²) in [5.41, 5.74) is 9.60. The van der Waals surface area contributed by atoms with Gasteiger partial charge >= 0.3 is 0 Å². The molecule has 0 saturated heterocycles. The summed E-state index contributed by atoms with van der Waals surface area (Å²) in [4.78, 5) is 10.6. The van der Waals surface area contributed by atoms with Gasteiger partial charge < -0.3 is 8.98 Å². The summed E-state index contributed by atoms with van der Waals surface area (Å²) in [6.45, 7) is 0. The van der Waals surface area contributed by atoms with Crippen LogP contribution in [0.15, 0.2) is 180 Å². The fraction of sp³-hybridized carbons (Fsp3) is 0. The molecule has 0 amide bonds. The molecule has 11 rings (SSSR count). The minimum absolute atomic E-state index is 0.619. The summed E-state index contributed by atoms with van der Waals surface area (Å²) < 4.78 is 9.24. The van der Waals surface area contributed by atoms with Gasteiger partial charge in [-0.2, -0.15) is 0 Å². The molecule has 0 fully saturated rings. The van der Waals surface area contributed by atoms with Gasteiger partial charge in [-0.25, -0.2) is 9.97 Å². The van der Waals surface area contributed by atoms with Crippen LogP contribution in [-0.2, 0) is 0 Å². The Morgan fingerprint density at radius 1 is 0.423 bits per heavy atom. The van der Waals surface area contributed by atoms with Gasteiger partial charge in [-0.1, -0.05) is 133 Å². The Kier molecular flexibility index (Phi) is 6.22. The van der Waals surface area contributed by atoms with Crippen LogP contribution < -0.4 is 0 Å². The number of para-hydroxylation sites is 2. The van der Waals surface area contributed by atoms with Crippen molar-refractivity contribution in [2.24, 2.45) is 0 Å². The van der Waals surface area contributed by atoms with E-state index in [-0.39, 0.29) is 0 Å². The fourth-order valence-corrected chi connectivity index (χ4v) is 8.00. The normalized spacial score (nSPS) is 11.8. The summed E-state index contributed by atoms with van der Waals surface area (Å²) in [6.07, 6.45) is 0. The van der Waals surface area contributed by atoms with Crippen molar-refractivity contribution in [1.82, 2.24) is 14.5 Å². The van der Waals surface area contributed by atoms with Crippen molar-refractivity contribution in [2.75, 3.05) is 0 Å². The van der Waals surface area contributed by atoms with Gasteiger partial charge in [0.1, 0.15) is 11.2 Å². The van der Waals surface area contributed by atoms with E-state index >= 15 is 0 Å². The highest BCUT2D eigenvalue weighted by molar-refractivity contribution is 6.18. The number of aromatic nitrogens is 3. The third kappa shape index (κ3) is 4.34. The first-order valence-electron chi connectivity index (χ1n) is 17.6. The molecule has 52 heavy (non-hydrogen) atoms. The zero-order valence-corrected chi connectivity index (χ0v) is 28.0. The monoisotopic (exact) mass is 663 g/mol. The van der Waals surface area contributed by atoms with Crippen LogP contribution in [0.2, 0.25) is 0 Å². The first kappa shape index (κ1) is 28.8. The Labute approximate surface area is 298 Å². The highest BCUT2D eigenvalue weighted by Crippen LogP contribution is 2.43. The number of rotatable bonds is 4. The van der Waals surface area contributed by atoms with Crippen LogP contribution in [0.3, 0.4) is 0 Å². The van der Waals surface area contributed by atoms with E-state index in [4.69, 9.17) is 14.4 Å². The lowest BCUT2D eigenvalue weighted by atomic mass is 10.00. The molecule has 0 N–H and O–H groups in total. The second kappa shape index (κ2) is 11.2. The van der Waals surface area contributed by atoms with E-state index in [1.54, 1.807) is 0 Å². The predicted molar refractivity (Wildman–Crippen MR) is 215 cm³/mol. The molecule has 3 aromatic heterocycles. The number of furan rings is 1. The van der Waals surface area contributed by atoms with Crippen LogP contribution in [0.25, 0.3) is 105 Å². The molecule has 0 bridgehead atoms. The molecule has 0 aliphatic heterocycles. The second-order valence-corrected chi connectivity index (χ2v) is 13.4. The lowest BCUT2D eigenvalue weighted by Gasteiger charge is -2.14. The molecule has 4 heteroatoms. The number of hydrogen-bond donors (Lipinski definition) is 0. The quantitative estimate of drug-likeness (QED) is 0.188. The summed E-state index contributed by atoms with van der Waals surface area (Å²) in [5.74, 6) is 0.619. The van der Waals surface area contributed by atoms with Gasteiger partial charge in [-0.05, 0) is 64.0 Å². The number of benzene rings is 8. The van der Waals surface area contributed by atoms with Crippen molar-refractivity contribution in [1.29, 1.82) is 0 Å².